The molecule has 0 radical (unpaired) electrons. The van der Waals surface area contributed by atoms with E-state index in [-0.39, 0.29) is 6.10 Å². The fourth-order valence-electron chi connectivity index (χ4n) is 1.40. The van der Waals surface area contributed by atoms with Crippen molar-refractivity contribution >= 4 is 0 Å². The van der Waals surface area contributed by atoms with Gasteiger partial charge >= 0.3 is 0 Å². The molecule has 90 valence electrons. The zero-order chi connectivity index (χ0) is 12.1. The molecular weight excluding hydrogens is 200 g/mol. The lowest BCUT2D eigenvalue weighted by molar-refractivity contribution is 0.163. The van der Waals surface area contributed by atoms with Gasteiger partial charge in [0.2, 0.25) is 5.88 Å². The van der Waals surface area contributed by atoms with Gasteiger partial charge in [-0.3, -0.25) is 0 Å². The van der Waals surface area contributed by atoms with Gasteiger partial charge < -0.3 is 10.1 Å². The molecule has 1 rings (SSSR count). The minimum atomic E-state index is 0.191. The van der Waals surface area contributed by atoms with Crippen molar-refractivity contribution in [1.29, 1.82) is 0 Å². The number of pyridine rings is 1. The summed E-state index contributed by atoms with van der Waals surface area (Å²) in [7, 11) is 1.94. The predicted octanol–water partition coefficient (Wildman–Crippen LogP) is 2.53. The lowest BCUT2D eigenvalue weighted by Gasteiger charge is -2.18. The number of nitrogens with one attached hydrogen (secondary N) is 1. The normalized spacial score (nSPS) is 12.9. The van der Waals surface area contributed by atoms with Crippen molar-refractivity contribution in [3.05, 3.63) is 23.4 Å². The molecule has 0 aromatic carbocycles. The highest BCUT2D eigenvalue weighted by Gasteiger charge is 2.10. The van der Waals surface area contributed by atoms with Crippen LogP contribution in [0.15, 0.2) is 12.1 Å². The molecule has 0 aliphatic heterocycles. The van der Waals surface area contributed by atoms with Crippen molar-refractivity contribution in [3.8, 4) is 5.88 Å². The smallest absolute Gasteiger partial charge is 0.214 e. The summed E-state index contributed by atoms with van der Waals surface area (Å²) in [5.41, 5.74) is 2.21. The minimum absolute atomic E-state index is 0.191. The molecule has 0 amide bonds. The van der Waals surface area contributed by atoms with E-state index in [4.69, 9.17) is 4.74 Å². The van der Waals surface area contributed by atoms with Gasteiger partial charge in [0.25, 0.3) is 0 Å². The SMILES string of the molecule is CNCc1cc(C)nc(OC(C)C(C)C)c1. The summed E-state index contributed by atoms with van der Waals surface area (Å²) >= 11 is 0. The lowest BCUT2D eigenvalue weighted by atomic mass is 10.1. The number of hydrogen-bond acceptors (Lipinski definition) is 3. The molecule has 0 spiro atoms. The second-order valence-corrected chi connectivity index (χ2v) is 4.55. The molecule has 3 heteroatoms. The highest BCUT2D eigenvalue weighted by atomic mass is 16.5. The minimum Gasteiger partial charge on any atom is -0.474 e. The summed E-state index contributed by atoms with van der Waals surface area (Å²) in [6.45, 7) is 9.21. The van der Waals surface area contributed by atoms with Crippen molar-refractivity contribution in [2.75, 3.05) is 7.05 Å². The van der Waals surface area contributed by atoms with E-state index >= 15 is 0 Å². The van der Waals surface area contributed by atoms with E-state index in [1.54, 1.807) is 0 Å². The molecule has 1 N–H and O–H groups in total. The summed E-state index contributed by atoms with van der Waals surface area (Å²) in [6, 6.07) is 4.08. The zero-order valence-corrected chi connectivity index (χ0v) is 10.9. The molecule has 1 atom stereocenters. The first kappa shape index (κ1) is 13.0. The summed E-state index contributed by atoms with van der Waals surface area (Å²) in [6.07, 6.45) is 0.191. The van der Waals surface area contributed by atoms with Crippen LogP contribution in [0.1, 0.15) is 32.0 Å². The maximum absolute atomic E-state index is 5.80. The Bertz CT molecular complexity index is 337. The molecule has 0 aliphatic rings. The number of aryl methyl sites for hydroxylation is 1. The van der Waals surface area contributed by atoms with Crippen LogP contribution in [0.4, 0.5) is 0 Å². The molecule has 16 heavy (non-hydrogen) atoms. The molecule has 0 aliphatic carbocycles. The second kappa shape index (κ2) is 5.85. The first-order chi connectivity index (χ1) is 7.52. The standard InChI is InChI=1S/C13H22N2O/c1-9(2)11(4)16-13-7-12(8-14-5)6-10(3)15-13/h6-7,9,11,14H,8H2,1-5H3. The summed E-state index contributed by atoms with van der Waals surface area (Å²) in [5, 5.41) is 3.13. The van der Waals surface area contributed by atoms with Crippen LogP contribution in [0.25, 0.3) is 0 Å². The molecule has 0 saturated carbocycles. The number of ether oxygens (including phenoxy) is 1. The Hall–Kier alpha value is -1.09. The maximum Gasteiger partial charge on any atom is 0.214 e. The van der Waals surface area contributed by atoms with Crippen molar-refractivity contribution < 1.29 is 4.74 Å². The lowest BCUT2D eigenvalue weighted by Crippen LogP contribution is -2.19. The second-order valence-electron chi connectivity index (χ2n) is 4.55. The van der Waals surface area contributed by atoms with Gasteiger partial charge in [0.05, 0.1) is 6.10 Å². The Labute approximate surface area is 98.2 Å². The van der Waals surface area contributed by atoms with E-state index in [0.29, 0.717) is 5.92 Å². The number of rotatable bonds is 5. The third-order valence-corrected chi connectivity index (χ3v) is 2.62. The quantitative estimate of drug-likeness (QED) is 0.831. The molecule has 0 saturated heterocycles. The molecule has 1 aromatic rings. The monoisotopic (exact) mass is 222 g/mol. The highest BCUT2D eigenvalue weighted by molar-refractivity contribution is 5.24. The van der Waals surface area contributed by atoms with Crippen LogP contribution in [0.2, 0.25) is 0 Å². The fraction of sp³-hybridized carbons (Fsp3) is 0.615. The van der Waals surface area contributed by atoms with Gasteiger partial charge in [-0.1, -0.05) is 13.8 Å². The average molecular weight is 222 g/mol. The van der Waals surface area contributed by atoms with Crippen molar-refractivity contribution in [1.82, 2.24) is 10.3 Å². The Morgan fingerprint density at radius 2 is 2.00 bits per heavy atom. The molecule has 3 nitrogen and oxygen atoms in total. The largest absolute Gasteiger partial charge is 0.474 e. The van der Waals surface area contributed by atoms with Gasteiger partial charge in [0, 0.05) is 18.3 Å². The van der Waals surface area contributed by atoms with Crippen molar-refractivity contribution in [2.24, 2.45) is 5.92 Å². The van der Waals surface area contributed by atoms with E-state index in [0.717, 1.165) is 18.1 Å². The van der Waals surface area contributed by atoms with Crippen molar-refractivity contribution in [3.63, 3.8) is 0 Å². The van der Waals surface area contributed by atoms with Gasteiger partial charge in [-0.15, -0.1) is 0 Å². The molecule has 0 fully saturated rings. The van der Waals surface area contributed by atoms with Gasteiger partial charge in [-0.25, -0.2) is 4.98 Å². The Morgan fingerprint density at radius 1 is 1.31 bits per heavy atom. The van der Waals surface area contributed by atoms with Gasteiger partial charge in [-0.05, 0) is 38.4 Å². The van der Waals surface area contributed by atoms with Gasteiger partial charge in [0.15, 0.2) is 0 Å². The van der Waals surface area contributed by atoms with Crippen LogP contribution in [0.3, 0.4) is 0 Å². The molecule has 0 bridgehead atoms. The third-order valence-electron chi connectivity index (χ3n) is 2.62. The fourth-order valence-corrected chi connectivity index (χ4v) is 1.40. The third kappa shape index (κ3) is 3.81. The van der Waals surface area contributed by atoms with E-state index in [1.807, 2.05) is 20.0 Å². The van der Waals surface area contributed by atoms with Crippen LogP contribution in [0.5, 0.6) is 5.88 Å². The Morgan fingerprint density at radius 3 is 2.56 bits per heavy atom. The van der Waals surface area contributed by atoms with Crippen LogP contribution in [-0.2, 0) is 6.54 Å². The maximum atomic E-state index is 5.80. The van der Waals surface area contributed by atoms with Gasteiger partial charge in [0.1, 0.15) is 0 Å². The van der Waals surface area contributed by atoms with E-state index in [9.17, 15) is 0 Å². The first-order valence-corrected chi connectivity index (χ1v) is 5.81. The predicted molar refractivity (Wildman–Crippen MR) is 66.7 cm³/mol. The number of nitrogens with zero attached hydrogens (tertiary/aromatic N) is 1. The Kier molecular flexibility index (Phi) is 4.74. The topological polar surface area (TPSA) is 34.2 Å². The Balaban J connectivity index is 2.79. The summed E-state index contributed by atoms with van der Waals surface area (Å²) < 4.78 is 5.80. The van der Waals surface area contributed by atoms with Crippen LogP contribution in [0, 0.1) is 12.8 Å². The van der Waals surface area contributed by atoms with Crippen LogP contribution < -0.4 is 10.1 Å². The molecule has 1 unspecified atom stereocenters. The van der Waals surface area contributed by atoms with E-state index < -0.39 is 0 Å². The van der Waals surface area contributed by atoms with Crippen LogP contribution in [-0.4, -0.2) is 18.1 Å². The average Bonchev–Trinajstić information content (AvgIpc) is 2.16. The first-order valence-electron chi connectivity index (χ1n) is 5.81. The molecule has 1 heterocycles. The number of aromatic nitrogens is 1. The number of hydrogen-bond donors (Lipinski definition) is 1. The van der Waals surface area contributed by atoms with Crippen molar-refractivity contribution in [2.45, 2.75) is 40.3 Å². The molecular formula is C13H22N2O. The highest BCUT2D eigenvalue weighted by Crippen LogP contribution is 2.16. The van der Waals surface area contributed by atoms with E-state index in [2.05, 4.69) is 37.1 Å². The molecule has 1 aromatic heterocycles. The summed E-state index contributed by atoms with van der Waals surface area (Å²) in [4.78, 5) is 4.39. The zero-order valence-electron chi connectivity index (χ0n) is 10.9. The van der Waals surface area contributed by atoms with Crippen LogP contribution >= 0.6 is 0 Å². The van der Waals surface area contributed by atoms with E-state index in [1.165, 1.54) is 5.56 Å². The van der Waals surface area contributed by atoms with Gasteiger partial charge in [-0.2, -0.15) is 0 Å². The summed E-state index contributed by atoms with van der Waals surface area (Å²) in [5.74, 6) is 1.22.